The van der Waals surface area contributed by atoms with Gasteiger partial charge in [0.1, 0.15) is 0 Å². The van der Waals surface area contributed by atoms with E-state index in [1.807, 2.05) is 26.0 Å². The molecule has 0 saturated heterocycles. The monoisotopic (exact) mass is 189 g/mol. The van der Waals surface area contributed by atoms with Crippen LogP contribution in [0.5, 0.6) is 0 Å². The van der Waals surface area contributed by atoms with Crippen LogP contribution in [0.15, 0.2) is 18.9 Å². The molecule has 2 heteroatoms. The standard InChI is InChI=1S/C12H15NO/c1-4-7-9-10(12(14)6-3)8-13-11(9)5-2/h4-5,7-8,13H,2,6H2,1,3H3/b7-4-. The molecule has 74 valence electrons. The van der Waals surface area contributed by atoms with Crippen LogP contribution in [-0.4, -0.2) is 10.8 Å². The lowest BCUT2D eigenvalue weighted by molar-refractivity contribution is 0.0988. The van der Waals surface area contributed by atoms with Crippen LogP contribution in [0.3, 0.4) is 0 Å². The highest BCUT2D eigenvalue weighted by Gasteiger charge is 2.11. The molecule has 0 aliphatic heterocycles. The van der Waals surface area contributed by atoms with Gasteiger partial charge in [-0.3, -0.25) is 4.79 Å². The molecule has 0 spiro atoms. The summed E-state index contributed by atoms with van der Waals surface area (Å²) >= 11 is 0. The molecule has 14 heavy (non-hydrogen) atoms. The average molecular weight is 189 g/mol. The molecule has 1 rings (SSSR count). The van der Waals surface area contributed by atoms with Crippen LogP contribution >= 0.6 is 0 Å². The fourth-order valence-corrected chi connectivity index (χ4v) is 1.39. The van der Waals surface area contributed by atoms with Gasteiger partial charge >= 0.3 is 0 Å². The van der Waals surface area contributed by atoms with E-state index >= 15 is 0 Å². The third kappa shape index (κ3) is 1.84. The number of aromatic amines is 1. The van der Waals surface area contributed by atoms with Gasteiger partial charge in [0.25, 0.3) is 0 Å². The smallest absolute Gasteiger partial charge is 0.164 e. The number of hydrogen-bond donors (Lipinski definition) is 1. The lowest BCUT2D eigenvalue weighted by Gasteiger charge is -1.97. The number of ketones is 1. The quantitative estimate of drug-likeness (QED) is 0.724. The van der Waals surface area contributed by atoms with Crippen LogP contribution in [0.25, 0.3) is 12.2 Å². The summed E-state index contributed by atoms with van der Waals surface area (Å²) in [6.07, 6.45) is 7.85. The normalized spacial score (nSPS) is 10.7. The largest absolute Gasteiger partial charge is 0.360 e. The second-order valence-corrected chi connectivity index (χ2v) is 3.01. The Morgan fingerprint density at radius 1 is 1.64 bits per heavy atom. The van der Waals surface area contributed by atoms with Gasteiger partial charge < -0.3 is 4.98 Å². The first-order valence-electron chi connectivity index (χ1n) is 4.74. The maximum absolute atomic E-state index is 11.6. The molecule has 0 aromatic carbocycles. The van der Waals surface area contributed by atoms with Gasteiger partial charge in [0.05, 0.1) is 0 Å². The number of carbonyl (C=O) groups is 1. The number of H-pyrrole nitrogens is 1. The first-order chi connectivity index (χ1) is 6.74. The summed E-state index contributed by atoms with van der Waals surface area (Å²) in [7, 11) is 0. The molecule has 1 aromatic heterocycles. The van der Waals surface area contributed by atoms with E-state index < -0.39 is 0 Å². The molecular weight excluding hydrogens is 174 g/mol. The molecule has 2 nitrogen and oxygen atoms in total. The van der Waals surface area contributed by atoms with Crippen molar-refractivity contribution in [1.82, 2.24) is 4.98 Å². The van der Waals surface area contributed by atoms with Crippen molar-refractivity contribution in [2.75, 3.05) is 0 Å². The summed E-state index contributed by atoms with van der Waals surface area (Å²) in [5.74, 6) is 0.155. The molecule has 0 saturated carbocycles. The van der Waals surface area contributed by atoms with Gasteiger partial charge in [-0.1, -0.05) is 25.7 Å². The van der Waals surface area contributed by atoms with Gasteiger partial charge in [0, 0.05) is 29.4 Å². The van der Waals surface area contributed by atoms with Crippen molar-refractivity contribution in [1.29, 1.82) is 0 Å². The molecular formula is C12H15NO. The highest BCUT2D eigenvalue weighted by atomic mass is 16.1. The van der Waals surface area contributed by atoms with Crippen molar-refractivity contribution in [3.05, 3.63) is 35.7 Å². The van der Waals surface area contributed by atoms with Crippen molar-refractivity contribution in [3.63, 3.8) is 0 Å². The predicted octanol–water partition coefficient (Wildman–Crippen LogP) is 3.28. The summed E-state index contributed by atoms with van der Waals surface area (Å²) in [4.78, 5) is 14.6. The van der Waals surface area contributed by atoms with Gasteiger partial charge in [-0.05, 0) is 13.0 Å². The van der Waals surface area contributed by atoms with E-state index in [0.29, 0.717) is 6.42 Å². The molecule has 0 aliphatic carbocycles. The second kappa shape index (κ2) is 4.61. The molecule has 0 amide bonds. The fraction of sp³-hybridized carbons (Fsp3) is 0.250. The number of carbonyl (C=O) groups excluding carboxylic acids is 1. The summed E-state index contributed by atoms with van der Waals surface area (Å²) < 4.78 is 0. The molecule has 0 bridgehead atoms. The maximum atomic E-state index is 11.6. The minimum Gasteiger partial charge on any atom is -0.360 e. The van der Waals surface area contributed by atoms with E-state index in [1.165, 1.54) is 0 Å². The molecule has 0 radical (unpaired) electrons. The number of nitrogens with one attached hydrogen (secondary N) is 1. The van der Waals surface area contributed by atoms with Crippen LogP contribution in [0.1, 0.15) is 41.9 Å². The predicted molar refractivity (Wildman–Crippen MR) is 60.2 cm³/mol. The van der Waals surface area contributed by atoms with Gasteiger partial charge in [-0.15, -0.1) is 0 Å². The first-order valence-corrected chi connectivity index (χ1v) is 4.74. The first kappa shape index (κ1) is 10.5. The molecule has 0 aliphatic rings. The van der Waals surface area contributed by atoms with Crippen molar-refractivity contribution >= 4 is 17.9 Å². The highest BCUT2D eigenvalue weighted by Crippen LogP contribution is 2.18. The summed E-state index contributed by atoms with van der Waals surface area (Å²) in [6.45, 7) is 7.49. The van der Waals surface area contributed by atoms with Crippen molar-refractivity contribution < 1.29 is 4.79 Å². The fourth-order valence-electron chi connectivity index (χ4n) is 1.39. The minimum atomic E-state index is 0.155. The van der Waals surface area contributed by atoms with Crippen molar-refractivity contribution in [2.24, 2.45) is 0 Å². The highest BCUT2D eigenvalue weighted by molar-refractivity contribution is 6.00. The third-order valence-corrected chi connectivity index (χ3v) is 2.11. The van der Waals surface area contributed by atoms with Gasteiger partial charge in [0.2, 0.25) is 0 Å². The van der Waals surface area contributed by atoms with Crippen LogP contribution in [0, 0.1) is 0 Å². The summed E-state index contributed by atoms with van der Waals surface area (Å²) in [6, 6.07) is 0. The van der Waals surface area contributed by atoms with E-state index in [-0.39, 0.29) is 5.78 Å². The number of rotatable bonds is 4. The molecule has 1 N–H and O–H groups in total. The Balaban J connectivity index is 3.23. The summed E-state index contributed by atoms with van der Waals surface area (Å²) in [5, 5.41) is 0. The van der Waals surface area contributed by atoms with Crippen LogP contribution in [0.4, 0.5) is 0 Å². The lowest BCUT2D eigenvalue weighted by atomic mass is 10.1. The number of Topliss-reactive ketones (excluding diaryl/α,β-unsaturated/α-hetero) is 1. The average Bonchev–Trinajstić information content (AvgIpc) is 2.60. The zero-order chi connectivity index (χ0) is 10.6. The van der Waals surface area contributed by atoms with E-state index in [4.69, 9.17) is 0 Å². The minimum absolute atomic E-state index is 0.155. The van der Waals surface area contributed by atoms with E-state index in [2.05, 4.69) is 11.6 Å². The lowest BCUT2D eigenvalue weighted by Crippen LogP contribution is -1.96. The Hall–Kier alpha value is -1.57. The maximum Gasteiger partial charge on any atom is 0.164 e. The number of hydrogen-bond acceptors (Lipinski definition) is 1. The Kier molecular flexibility index (Phi) is 3.46. The van der Waals surface area contributed by atoms with E-state index in [9.17, 15) is 4.79 Å². The van der Waals surface area contributed by atoms with Gasteiger partial charge in [0.15, 0.2) is 5.78 Å². The van der Waals surface area contributed by atoms with Crippen molar-refractivity contribution in [3.8, 4) is 0 Å². The Morgan fingerprint density at radius 3 is 2.86 bits per heavy atom. The van der Waals surface area contributed by atoms with Crippen LogP contribution < -0.4 is 0 Å². The van der Waals surface area contributed by atoms with Gasteiger partial charge in [-0.25, -0.2) is 0 Å². The zero-order valence-corrected chi connectivity index (χ0v) is 8.63. The topological polar surface area (TPSA) is 32.9 Å². The second-order valence-electron chi connectivity index (χ2n) is 3.01. The van der Waals surface area contributed by atoms with Gasteiger partial charge in [-0.2, -0.15) is 0 Å². The van der Waals surface area contributed by atoms with Crippen molar-refractivity contribution in [2.45, 2.75) is 20.3 Å². The van der Waals surface area contributed by atoms with E-state index in [1.54, 1.807) is 12.3 Å². The molecule has 0 fully saturated rings. The third-order valence-electron chi connectivity index (χ3n) is 2.11. The molecule has 1 heterocycles. The summed E-state index contributed by atoms with van der Waals surface area (Å²) in [5.41, 5.74) is 2.59. The molecule has 0 unspecified atom stereocenters. The van der Waals surface area contributed by atoms with Crippen LogP contribution in [-0.2, 0) is 0 Å². The molecule has 0 atom stereocenters. The van der Waals surface area contributed by atoms with Crippen LogP contribution in [0.2, 0.25) is 0 Å². The van der Waals surface area contributed by atoms with E-state index in [0.717, 1.165) is 16.8 Å². The zero-order valence-electron chi connectivity index (χ0n) is 8.63. The number of aromatic nitrogens is 1. The number of allylic oxidation sites excluding steroid dienone is 1. The molecule has 1 aromatic rings. The SMILES string of the molecule is C=Cc1[nH]cc(C(=O)CC)c1/C=C\C. The Labute approximate surface area is 84.3 Å². The Bertz CT molecular complexity index is 372. The Morgan fingerprint density at radius 2 is 2.36 bits per heavy atom.